The Bertz CT molecular complexity index is 358. The maximum absolute atomic E-state index is 10.3. The number of unbranched alkanes of at least 4 members (excludes halogenated alkanes) is 2. The molecule has 1 rings (SSSR count). The van der Waals surface area contributed by atoms with Gasteiger partial charge in [0.1, 0.15) is 5.69 Å². The van der Waals surface area contributed by atoms with Crippen LogP contribution < -0.4 is 0 Å². The van der Waals surface area contributed by atoms with Crippen molar-refractivity contribution in [3.63, 3.8) is 0 Å². The van der Waals surface area contributed by atoms with E-state index in [1.807, 2.05) is 0 Å². The highest BCUT2D eigenvalue weighted by molar-refractivity contribution is 5.33. The largest absolute Gasteiger partial charge is 0.504 e. The molecule has 0 saturated heterocycles. The Labute approximate surface area is 111 Å². The van der Waals surface area contributed by atoms with E-state index in [0.717, 1.165) is 56.3 Å². The van der Waals surface area contributed by atoms with E-state index in [-0.39, 0.29) is 0 Å². The fourth-order valence-corrected chi connectivity index (χ4v) is 2.14. The van der Waals surface area contributed by atoms with Gasteiger partial charge in [0.25, 0.3) is 0 Å². The highest BCUT2D eigenvalue weighted by atomic mass is 16.3. The fraction of sp³-hybridized carbons (Fsp3) is 0.800. The van der Waals surface area contributed by atoms with Crippen LogP contribution in [-0.4, -0.2) is 14.9 Å². The van der Waals surface area contributed by atoms with Gasteiger partial charge in [-0.3, -0.25) is 4.68 Å². The summed E-state index contributed by atoms with van der Waals surface area (Å²) in [5, 5.41) is 15.0. The van der Waals surface area contributed by atoms with E-state index in [1.54, 1.807) is 0 Å². The Balaban J connectivity index is 2.97. The van der Waals surface area contributed by atoms with Gasteiger partial charge < -0.3 is 5.11 Å². The van der Waals surface area contributed by atoms with E-state index in [4.69, 9.17) is 0 Å². The molecule has 0 fully saturated rings. The Morgan fingerprint density at radius 1 is 1.11 bits per heavy atom. The lowest BCUT2D eigenvalue weighted by Crippen LogP contribution is -2.10. The molecule has 0 radical (unpaired) electrons. The summed E-state index contributed by atoms with van der Waals surface area (Å²) in [6.07, 6.45) is 7.38. The van der Waals surface area contributed by atoms with Gasteiger partial charge >= 0.3 is 0 Å². The van der Waals surface area contributed by atoms with E-state index in [9.17, 15) is 5.11 Å². The monoisotopic (exact) mass is 252 g/mol. The Hall–Kier alpha value is -0.990. The van der Waals surface area contributed by atoms with Gasteiger partial charge in [-0.15, -0.1) is 0 Å². The minimum Gasteiger partial charge on any atom is -0.504 e. The number of rotatable bonds is 8. The molecule has 0 aliphatic rings. The summed E-state index contributed by atoms with van der Waals surface area (Å²) in [6.45, 7) is 8.68. The van der Waals surface area contributed by atoms with Gasteiger partial charge in [-0.2, -0.15) is 5.10 Å². The van der Waals surface area contributed by atoms with Crippen LogP contribution >= 0.6 is 0 Å². The van der Waals surface area contributed by atoms with Gasteiger partial charge in [0.05, 0.1) is 5.69 Å². The number of aromatic hydroxyl groups is 1. The van der Waals surface area contributed by atoms with Crippen molar-refractivity contribution in [2.24, 2.45) is 0 Å². The highest BCUT2D eigenvalue weighted by Crippen LogP contribution is 2.28. The normalized spacial score (nSPS) is 12.9. The molecule has 104 valence electrons. The van der Waals surface area contributed by atoms with Gasteiger partial charge in [0, 0.05) is 6.04 Å². The smallest absolute Gasteiger partial charge is 0.160 e. The molecule has 0 bridgehead atoms. The summed E-state index contributed by atoms with van der Waals surface area (Å²) < 4.78 is 2.05. The van der Waals surface area contributed by atoms with Gasteiger partial charge in [0.15, 0.2) is 5.75 Å². The average molecular weight is 252 g/mol. The lowest BCUT2D eigenvalue weighted by atomic mass is 10.1. The molecular weight excluding hydrogens is 224 g/mol. The van der Waals surface area contributed by atoms with E-state index >= 15 is 0 Å². The lowest BCUT2D eigenvalue weighted by molar-refractivity contribution is 0.434. The van der Waals surface area contributed by atoms with Crippen LogP contribution in [0.15, 0.2) is 0 Å². The molecule has 1 aromatic rings. The molecule has 0 amide bonds. The number of nitrogens with zero attached hydrogens (tertiary/aromatic N) is 2. The fourth-order valence-electron chi connectivity index (χ4n) is 2.14. The molecule has 0 saturated carbocycles. The van der Waals surface area contributed by atoms with Crippen molar-refractivity contribution in [2.45, 2.75) is 78.7 Å². The Morgan fingerprint density at radius 3 is 2.28 bits per heavy atom. The summed E-state index contributed by atoms with van der Waals surface area (Å²) in [6, 6.07) is 0.373. The van der Waals surface area contributed by atoms with Crippen molar-refractivity contribution in [2.75, 3.05) is 0 Å². The van der Waals surface area contributed by atoms with Crippen LogP contribution in [-0.2, 0) is 12.8 Å². The molecule has 3 heteroatoms. The van der Waals surface area contributed by atoms with Crippen molar-refractivity contribution in [3.05, 3.63) is 11.4 Å². The van der Waals surface area contributed by atoms with Crippen molar-refractivity contribution in [1.29, 1.82) is 0 Å². The molecule has 1 aromatic heterocycles. The van der Waals surface area contributed by atoms with E-state index in [2.05, 4.69) is 37.5 Å². The third-order valence-electron chi connectivity index (χ3n) is 3.59. The molecule has 0 aliphatic heterocycles. The minimum absolute atomic E-state index is 0.373. The standard InChI is InChI=1S/C15H28N2O/c1-5-8-10-13-15(18)14(11-9-6-2)17(16-13)12(4)7-3/h12,18H,5-11H2,1-4H3. The zero-order valence-corrected chi connectivity index (χ0v) is 12.4. The summed E-state index contributed by atoms with van der Waals surface area (Å²) >= 11 is 0. The average Bonchev–Trinajstić information content (AvgIpc) is 2.70. The van der Waals surface area contributed by atoms with Crippen molar-refractivity contribution >= 4 is 0 Å². The number of aryl methyl sites for hydroxylation is 1. The first-order chi connectivity index (χ1) is 8.65. The predicted molar refractivity (Wildman–Crippen MR) is 76.1 cm³/mol. The summed E-state index contributed by atoms with van der Waals surface area (Å²) in [5.74, 6) is 0.456. The third-order valence-corrected chi connectivity index (χ3v) is 3.59. The second kappa shape index (κ2) is 7.45. The number of hydrogen-bond acceptors (Lipinski definition) is 2. The Kier molecular flexibility index (Phi) is 6.23. The van der Waals surface area contributed by atoms with E-state index < -0.39 is 0 Å². The van der Waals surface area contributed by atoms with Gasteiger partial charge in [-0.25, -0.2) is 0 Å². The summed E-state index contributed by atoms with van der Waals surface area (Å²) in [4.78, 5) is 0. The zero-order valence-electron chi connectivity index (χ0n) is 12.4. The van der Waals surface area contributed by atoms with Crippen molar-refractivity contribution < 1.29 is 5.11 Å². The number of aromatic nitrogens is 2. The molecular formula is C15H28N2O. The van der Waals surface area contributed by atoms with Crippen LogP contribution in [0.5, 0.6) is 5.75 Å². The van der Waals surface area contributed by atoms with Crippen LogP contribution in [0.3, 0.4) is 0 Å². The second-order valence-electron chi connectivity index (χ2n) is 5.15. The molecule has 1 N–H and O–H groups in total. The number of hydrogen-bond donors (Lipinski definition) is 1. The van der Waals surface area contributed by atoms with E-state index in [1.165, 1.54) is 0 Å². The molecule has 18 heavy (non-hydrogen) atoms. The molecule has 1 atom stereocenters. The molecule has 0 aromatic carbocycles. The first-order valence-electron chi connectivity index (χ1n) is 7.44. The SMILES string of the molecule is CCCCc1nn(C(C)CC)c(CCCC)c1O. The van der Waals surface area contributed by atoms with E-state index in [0.29, 0.717) is 11.8 Å². The summed E-state index contributed by atoms with van der Waals surface area (Å²) in [7, 11) is 0. The van der Waals surface area contributed by atoms with Crippen LogP contribution in [0.4, 0.5) is 0 Å². The molecule has 0 spiro atoms. The quantitative estimate of drug-likeness (QED) is 0.751. The van der Waals surface area contributed by atoms with Crippen LogP contribution in [0, 0.1) is 0 Å². The maximum atomic E-state index is 10.3. The minimum atomic E-state index is 0.373. The third kappa shape index (κ3) is 3.50. The molecule has 1 heterocycles. The van der Waals surface area contributed by atoms with Crippen molar-refractivity contribution in [3.8, 4) is 5.75 Å². The molecule has 0 aliphatic carbocycles. The Morgan fingerprint density at radius 2 is 1.72 bits per heavy atom. The van der Waals surface area contributed by atoms with Gasteiger partial charge in [0.2, 0.25) is 0 Å². The first-order valence-corrected chi connectivity index (χ1v) is 7.44. The molecule has 1 unspecified atom stereocenters. The maximum Gasteiger partial charge on any atom is 0.160 e. The van der Waals surface area contributed by atoms with Crippen LogP contribution in [0.2, 0.25) is 0 Å². The van der Waals surface area contributed by atoms with Gasteiger partial charge in [-0.05, 0) is 39.0 Å². The van der Waals surface area contributed by atoms with Crippen LogP contribution in [0.1, 0.15) is 77.2 Å². The van der Waals surface area contributed by atoms with Crippen LogP contribution in [0.25, 0.3) is 0 Å². The first kappa shape index (κ1) is 15.1. The zero-order chi connectivity index (χ0) is 13.5. The predicted octanol–water partition coefficient (Wildman–Crippen LogP) is 4.24. The second-order valence-corrected chi connectivity index (χ2v) is 5.15. The highest BCUT2D eigenvalue weighted by Gasteiger charge is 2.18. The van der Waals surface area contributed by atoms with Crippen molar-refractivity contribution in [1.82, 2.24) is 9.78 Å². The topological polar surface area (TPSA) is 38.0 Å². The van der Waals surface area contributed by atoms with Gasteiger partial charge in [-0.1, -0.05) is 33.6 Å². The lowest BCUT2D eigenvalue weighted by Gasteiger charge is -2.13. The summed E-state index contributed by atoms with van der Waals surface area (Å²) in [5.41, 5.74) is 1.93. The molecule has 3 nitrogen and oxygen atoms in total.